The van der Waals surface area contributed by atoms with Crippen molar-refractivity contribution in [1.29, 1.82) is 0 Å². The first kappa shape index (κ1) is 19.8. The van der Waals surface area contributed by atoms with Crippen molar-refractivity contribution in [2.24, 2.45) is 0 Å². The predicted octanol–water partition coefficient (Wildman–Crippen LogP) is 4.88. The first-order chi connectivity index (χ1) is 13.7. The lowest BCUT2D eigenvalue weighted by atomic mass is 10.1. The molecular formula is C24H27NO3. The zero-order valence-electron chi connectivity index (χ0n) is 16.7. The summed E-state index contributed by atoms with van der Waals surface area (Å²) in [5.74, 6) is 2.40. The smallest absolute Gasteiger partial charge is 0.166 e. The molecule has 4 nitrogen and oxygen atoms in total. The topological polar surface area (TPSA) is 39.7 Å². The van der Waals surface area contributed by atoms with Gasteiger partial charge < -0.3 is 19.5 Å². The Morgan fingerprint density at radius 3 is 2.21 bits per heavy atom. The Morgan fingerprint density at radius 2 is 1.43 bits per heavy atom. The van der Waals surface area contributed by atoms with E-state index in [9.17, 15) is 0 Å². The average molecular weight is 377 g/mol. The van der Waals surface area contributed by atoms with Crippen molar-refractivity contribution in [2.75, 3.05) is 14.2 Å². The normalized spacial score (nSPS) is 10.5. The highest BCUT2D eigenvalue weighted by Gasteiger charge is 2.11. The minimum absolute atomic E-state index is 0.502. The average Bonchev–Trinajstić information content (AvgIpc) is 2.73. The van der Waals surface area contributed by atoms with Gasteiger partial charge >= 0.3 is 0 Å². The number of aryl methyl sites for hydroxylation is 1. The SMILES string of the molecule is COc1ccccc1CNCc1cccc(OC)c1OCc1cccc(C)c1. The van der Waals surface area contributed by atoms with E-state index in [4.69, 9.17) is 14.2 Å². The molecule has 3 aromatic rings. The summed E-state index contributed by atoms with van der Waals surface area (Å²) in [6.07, 6.45) is 0. The lowest BCUT2D eigenvalue weighted by Crippen LogP contribution is -2.14. The van der Waals surface area contributed by atoms with Crippen molar-refractivity contribution >= 4 is 0 Å². The first-order valence-electron chi connectivity index (χ1n) is 9.38. The molecule has 0 bridgehead atoms. The van der Waals surface area contributed by atoms with Crippen LogP contribution in [0.2, 0.25) is 0 Å². The molecule has 0 heterocycles. The van der Waals surface area contributed by atoms with Crippen molar-refractivity contribution in [3.8, 4) is 17.2 Å². The number of para-hydroxylation sites is 2. The molecule has 0 aliphatic rings. The third kappa shape index (κ3) is 5.05. The van der Waals surface area contributed by atoms with Gasteiger partial charge in [-0.25, -0.2) is 0 Å². The number of nitrogens with one attached hydrogen (secondary N) is 1. The van der Waals surface area contributed by atoms with E-state index in [-0.39, 0.29) is 0 Å². The van der Waals surface area contributed by atoms with Crippen LogP contribution in [0.1, 0.15) is 22.3 Å². The second kappa shape index (κ2) is 9.81. The zero-order valence-corrected chi connectivity index (χ0v) is 16.7. The van der Waals surface area contributed by atoms with Gasteiger partial charge in [-0.1, -0.05) is 60.2 Å². The monoisotopic (exact) mass is 377 g/mol. The van der Waals surface area contributed by atoms with E-state index >= 15 is 0 Å². The molecule has 0 aliphatic heterocycles. The van der Waals surface area contributed by atoms with Gasteiger partial charge in [-0.05, 0) is 24.6 Å². The van der Waals surface area contributed by atoms with Gasteiger partial charge in [0, 0.05) is 24.2 Å². The van der Waals surface area contributed by atoms with Gasteiger partial charge in [0.25, 0.3) is 0 Å². The Bertz CT molecular complexity index is 908. The van der Waals surface area contributed by atoms with Crippen LogP contribution < -0.4 is 19.5 Å². The second-order valence-corrected chi connectivity index (χ2v) is 6.64. The maximum atomic E-state index is 6.16. The van der Waals surface area contributed by atoms with E-state index in [2.05, 4.69) is 42.6 Å². The highest BCUT2D eigenvalue weighted by Crippen LogP contribution is 2.32. The molecule has 0 aromatic heterocycles. The molecule has 0 fully saturated rings. The van der Waals surface area contributed by atoms with Crippen molar-refractivity contribution in [3.63, 3.8) is 0 Å². The van der Waals surface area contributed by atoms with Crippen molar-refractivity contribution < 1.29 is 14.2 Å². The number of ether oxygens (including phenoxy) is 3. The van der Waals surface area contributed by atoms with Gasteiger partial charge in [0.2, 0.25) is 0 Å². The van der Waals surface area contributed by atoms with Gasteiger partial charge in [0.05, 0.1) is 14.2 Å². The van der Waals surface area contributed by atoms with Crippen LogP contribution in [0, 0.1) is 6.92 Å². The van der Waals surface area contributed by atoms with Crippen molar-refractivity contribution in [3.05, 3.63) is 89.0 Å². The molecule has 0 saturated heterocycles. The molecule has 1 N–H and O–H groups in total. The predicted molar refractivity (Wildman–Crippen MR) is 112 cm³/mol. The highest BCUT2D eigenvalue weighted by molar-refractivity contribution is 5.47. The van der Waals surface area contributed by atoms with E-state index in [1.54, 1.807) is 14.2 Å². The van der Waals surface area contributed by atoms with E-state index < -0.39 is 0 Å². The Labute approximate surface area is 167 Å². The summed E-state index contributed by atoms with van der Waals surface area (Å²) in [6, 6.07) is 22.3. The van der Waals surface area contributed by atoms with Crippen LogP contribution in [-0.2, 0) is 19.7 Å². The molecule has 0 unspecified atom stereocenters. The van der Waals surface area contributed by atoms with Crippen LogP contribution in [0.15, 0.2) is 66.7 Å². The third-order valence-corrected chi connectivity index (χ3v) is 4.57. The first-order valence-corrected chi connectivity index (χ1v) is 9.38. The molecule has 0 aliphatic carbocycles. The van der Waals surface area contributed by atoms with Crippen LogP contribution in [0.25, 0.3) is 0 Å². The van der Waals surface area contributed by atoms with Crippen LogP contribution in [0.4, 0.5) is 0 Å². The molecule has 0 amide bonds. The molecule has 0 spiro atoms. The fourth-order valence-corrected chi connectivity index (χ4v) is 3.16. The highest BCUT2D eigenvalue weighted by atomic mass is 16.5. The van der Waals surface area contributed by atoms with Gasteiger partial charge in [0.15, 0.2) is 11.5 Å². The van der Waals surface area contributed by atoms with Gasteiger partial charge in [-0.15, -0.1) is 0 Å². The third-order valence-electron chi connectivity index (χ3n) is 4.57. The molecule has 4 heteroatoms. The maximum Gasteiger partial charge on any atom is 0.166 e. The summed E-state index contributed by atoms with van der Waals surface area (Å²) in [7, 11) is 3.36. The van der Waals surface area contributed by atoms with Crippen LogP contribution in [0.5, 0.6) is 17.2 Å². The number of rotatable bonds is 9. The van der Waals surface area contributed by atoms with Crippen LogP contribution >= 0.6 is 0 Å². The fourth-order valence-electron chi connectivity index (χ4n) is 3.16. The lowest BCUT2D eigenvalue weighted by molar-refractivity contribution is 0.280. The summed E-state index contributed by atoms with van der Waals surface area (Å²) >= 11 is 0. The maximum absolute atomic E-state index is 6.16. The van der Waals surface area contributed by atoms with Crippen molar-refractivity contribution in [1.82, 2.24) is 5.32 Å². The Hall–Kier alpha value is -2.98. The molecule has 3 rings (SSSR count). The summed E-state index contributed by atoms with van der Waals surface area (Å²) in [5, 5.41) is 3.48. The van der Waals surface area contributed by atoms with Crippen molar-refractivity contribution in [2.45, 2.75) is 26.6 Å². The van der Waals surface area contributed by atoms with Crippen LogP contribution in [0.3, 0.4) is 0 Å². The molecule has 0 atom stereocenters. The van der Waals surface area contributed by atoms with Gasteiger partial charge in [-0.2, -0.15) is 0 Å². The van der Waals surface area contributed by atoms with E-state index in [1.807, 2.05) is 36.4 Å². The van der Waals surface area contributed by atoms with E-state index in [0.29, 0.717) is 19.7 Å². The number of benzene rings is 3. The number of hydrogen-bond acceptors (Lipinski definition) is 4. The van der Waals surface area contributed by atoms with Crippen LogP contribution in [-0.4, -0.2) is 14.2 Å². The largest absolute Gasteiger partial charge is 0.496 e. The van der Waals surface area contributed by atoms with E-state index in [0.717, 1.165) is 33.9 Å². The van der Waals surface area contributed by atoms with E-state index in [1.165, 1.54) is 5.56 Å². The summed E-state index contributed by atoms with van der Waals surface area (Å²) in [6.45, 7) is 3.96. The number of hydrogen-bond donors (Lipinski definition) is 1. The minimum Gasteiger partial charge on any atom is -0.496 e. The Morgan fingerprint density at radius 1 is 0.750 bits per heavy atom. The molecular weight excluding hydrogens is 350 g/mol. The second-order valence-electron chi connectivity index (χ2n) is 6.64. The van der Waals surface area contributed by atoms with Gasteiger partial charge in [-0.3, -0.25) is 0 Å². The summed E-state index contributed by atoms with van der Waals surface area (Å²) < 4.78 is 17.1. The lowest BCUT2D eigenvalue weighted by Gasteiger charge is -2.16. The molecule has 28 heavy (non-hydrogen) atoms. The Balaban J connectivity index is 1.70. The fraction of sp³-hybridized carbons (Fsp3) is 0.250. The standard InChI is InChI=1S/C24H27NO3/c1-18-8-6-9-19(14-18)17-28-24-21(11-7-13-23(24)27-3)16-25-15-20-10-4-5-12-22(20)26-2/h4-14,25H,15-17H2,1-3H3. The molecule has 0 radical (unpaired) electrons. The molecule has 0 saturated carbocycles. The molecule has 146 valence electrons. The molecule has 3 aromatic carbocycles. The zero-order chi connectivity index (χ0) is 19.8. The number of methoxy groups -OCH3 is 2. The quantitative estimate of drug-likeness (QED) is 0.577. The summed E-state index contributed by atoms with van der Waals surface area (Å²) in [4.78, 5) is 0. The summed E-state index contributed by atoms with van der Waals surface area (Å²) in [5.41, 5.74) is 4.54. The Kier molecular flexibility index (Phi) is 6.93. The minimum atomic E-state index is 0.502. The van der Waals surface area contributed by atoms with Gasteiger partial charge in [0.1, 0.15) is 12.4 Å².